The van der Waals surface area contributed by atoms with E-state index >= 15 is 0 Å². The Morgan fingerprint density at radius 1 is 1.26 bits per heavy atom. The number of carbonyl (C=O) groups is 1. The van der Waals surface area contributed by atoms with Crippen molar-refractivity contribution in [3.8, 4) is 0 Å². The molecule has 1 saturated carbocycles. The first-order valence-corrected chi connectivity index (χ1v) is 7.20. The van der Waals surface area contributed by atoms with Gasteiger partial charge in [0.1, 0.15) is 5.82 Å². The minimum atomic E-state index is -0.171. The largest absolute Gasteiger partial charge is 0.342 e. The third-order valence-corrected chi connectivity index (χ3v) is 4.51. The van der Waals surface area contributed by atoms with Crippen molar-refractivity contribution in [2.75, 3.05) is 13.1 Å². The van der Waals surface area contributed by atoms with E-state index in [4.69, 9.17) is 0 Å². The Labute approximate surface area is 113 Å². The van der Waals surface area contributed by atoms with Crippen LogP contribution in [0.2, 0.25) is 0 Å². The van der Waals surface area contributed by atoms with Crippen molar-refractivity contribution < 1.29 is 9.18 Å². The maximum atomic E-state index is 13.7. The van der Waals surface area contributed by atoms with Crippen molar-refractivity contribution in [1.82, 2.24) is 4.90 Å². The highest BCUT2D eigenvalue weighted by Gasteiger charge is 2.46. The van der Waals surface area contributed by atoms with E-state index in [1.54, 1.807) is 6.07 Å². The topological polar surface area (TPSA) is 20.3 Å². The zero-order valence-corrected chi connectivity index (χ0v) is 11.3. The van der Waals surface area contributed by atoms with Gasteiger partial charge in [-0.05, 0) is 42.7 Å². The van der Waals surface area contributed by atoms with Gasteiger partial charge in [-0.3, -0.25) is 4.79 Å². The number of halogens is 1. The Balaban J connectivity index is 1.63. The minimum absolute atomic E-state index is 0.0188. The molecule has 2 fully saturated rings. The molecule has 3 heteroatoms. The summed E-state index contributed by atoms with van der Waals surface area (Å²) in [5.74, 6) is 0.916. The molecule has 2 aliphatic rings. The SMILES string of the molecule is CC1CCN(C(=O)C2CC2c2ccccc2F)CC1. The number of nitrogens with zero attached hydrogens (tertiary/aromatic N) is 1. The van der Waals surface area contributed by atoms with Crippen LogP contribution < -0.4 is 0 Å². The molecule has 0 N–H and O–H groups in total. The van der Waals surface area contributed by atoms with Crippen LogP contribution >= 0.6 is 0 Å². The van der Waals surface area contributed by atoms with Crippen LogP contribution in [0.4, 0.5) is 4.39 Å². The molecule has 1 aliphatic carbocycles. The summed E-state index contributed by atoms with van der Waals surface area (Å²) in [7, 11) is 0. The molecule has 1 heterocycles. The predicted octanol–water partition coefficient (Wildman–Crippen LogP) is 3.19. The zero-order chi connectivity index (χ0) is 13.4. The van der Waals surface area contributed by atoms with Crippen molar-refractivity contribution in [3.05, 3.63) is 35.6 Å². The highest BCUT2D eigenvalue weighted by molar-refractivity contribution is 5.83. The molecule has 1 amide bonds. The number of carbonyl (C=O) groups excluding carboxylic acids is 1. The molecule has 2 nitrogen and oxygen atoms in total. The first-order valence-electron chi connectivity index (χ1n) is 7.20. The smallest absolute Gasteiger partial charge is 0.226 e. The first-order chi connectivity index (χ1) is 9.16. The molecule has 19 heavy (non-hydrogen) atoms. The summed E-state index contributed by atoms with van der Waals surface area (Å²) in [5.41, 5.74) is 0.714. The average molecular weight is 261 g/mol. The van der Waals surface area contributed by atoms with Gasteiger partial charge in [0, 0.05) is 19.0 Å². The van der Waals surface area contributed by atoms with E-state index in [1.165, 1.54) is 6.07 Å². The van der Waals surface area contributed by atoms with Crippen molar-refractivity contribution >= 4 is 5.91 Å². The lowest BCUT2D eigenvalue weighted by Gasteiger charge is -2.30. The van der Waals surface area contributed by atoms with Gasteiger partial charge in [-0.1, -0.05) is 25.1 Å². The number of likely N-dealkylation sites (tertiary alicyclic amines) is 1. The first kappa shape index (κ1) is 12.6. The van der Waals surface area contributed by atoms with Gasteiger partial charge < -0.3 is 4.90 Å². The average Bonchev–Trinajstić information content (AvgIpc) is 3.19. The lowest BCUT2D eigenvalue weighted by Crippen LogP contribution is -2.39. The maximum absolute atomic E-state index is 13.7. The second-order valence-electron chi connectivity index (χ2n) is 5.98. The van der Waals surface area contributed by atoms with Gasteiger partial charge in [0.25, 0.3) is 0 Å². The van der Waals surface area contributed by atoms with Crippen LogP contribution in [-0.2, 0) is 4.79 Å². The van der Waals surface area contributed by atoms with Crippen LogP contribution in [0.15, 0.2) is 24.3 Å². The number of hydrogen-bond acceptors (Lipinski definition) is 1. The number of benzene rings is 1. The quantitative estimate of drug-likeness (QED) is 0.800. The molecule has 3 rings (SSSR count). The Morgan fingerprint density at radius 3 is 2.63 bits per heavy atom. The third kappa shape index (κ3) is 2.51. The second kappa shape index (κ2) is 4.95. The number of hydrogen-bond donors (Lipinski definition) is 0. The van der Waals surface area contributed by atoms with Gasteiger partial charge in [0.2, 0.25) is 5.91 Å². The predicted molar refractivity (Wildman–Crippen MR) is 72.2 cm³/mol. The summed E-state index contributed by atoms with van der Waals surface area (Å²) in [6.07, 6.45) is 3.01. The standard InChI is InChI=1S/C16H20FNO/c1-11-6-8-18(9-7-11)16(19)14-10-13(14)12-4-2-3-5-15(12)17/h2-5,11,13-14H,6-10H2,1H3. The Morgan fingerprint density at radius 2 is 1.95 bits per heavy atom. The van der Waals surface area contributed by atoms with E-state index in [1.807, 2.05) is 17.0 Å². The van der Waals surface area contributed by atoms with Crippen molar-refractivity contribution in [1.29, 1.82) is 0 Å². The monoisotopic (exact) mass is 261 g/mol. The fraction of sp³-hybridized carbons (Fsp3) is 0.562. The van der Waals surface area contributed by atoms with Crippen molar-refractivity contribution in [3.63, 3.8) is 0 Å². The molecule has 1 aromatic carbocycles. The van der Waals surface area contributed by atoms with E-state index < -0.39 is 0 Å². The molecule has 2 unspecified atom stereocenters. The zero-order valence-electron chi connectivity index (χ0n) is 11.3. The summed E-state index contributed by atoms with van der Waals surface area (Å²) in [6.45, 7) is 3.99. The van der Waals surface area contributed by atoms with Gasteiger partial charge >= 0.3 is 0 Å². The second-order valence-corrected chi connectivity index (χ2v) is 5.98. The highest BCUT2D eigenvalue weighted by Crippen LogP contribution is 2.49. The maximum Gasteiger partial charge on any atom is 0.226 e. The van der Waals surface area contributed by atoms with Crippen molar-refractivity contribution in [2.24, 2.45) is 11.8 Å². The van der Waals surface area contributed by atoms with E-state index in [9.17, 15) is 9.18 Å². The fourth-order valence-electron chi connectivity index (χ4n) is 3.05. The fourth-order valence-corrected chi connectivity index (χ4v) is 3.05. The number of rotatable bonds is 2. The normalized spacial score (nSPS) is 27.4. The van der Waals surface area contributed by atoms with Gasteiger partial charge in [0.05, 0.1) is 0 Å². The van der Waals surface area contributed by atoms with E-state index in [-0.39, 0.29) is 23.6 Å². The molecular weight excluding hydrogens is 241 g/mol. The Kier molecular flexibility index (Phi) is 3.29. The molecular formula is C16H20FNO. The minimum Gasteiger partial charge on any atom is -0.342 e. The van der Waals surface area contributed by atoms with Gasteiger partial charge in [0.15, 0.2) is 0 Å². The van der Waals surface area contributed by atoms with Gasteiger partial charge in [-0.15, -0.1) is 0 Å². The Hall–Kier alpha value is -1.38. The summed E-state index contributed by atoms with van der Waals surface area (Å²) in [4.78, 5) is 14.3. The van der Waals surface area contributed by atoms with Gasteiger partial charge in [-0.2, -0.15) is 0 Å². The van der Waals surface area contributed by atoms with Crippen LogP contribution in [0.25, 0.3) is 0 Å². The molecule has 0 bridgehead atoms. The lowest BCUT2D eigenvalue weighted by molar-refractivity contribution is -0.134. The summed E-state index contributed by atoms with van der Waals surface area (Å²) in [6, 6.07) is 6.84. The van der Waals surface area contributed by atoms with Gasteiger partial charge in [-0.25, -0.2) is 4.39 Å². The molecule has 2 atom stereocenters. The van der Waals surface area contributed by atoms with Crippen LogP contribution in [0.3, 0.4) is 0 Å². The molecule has 102 valence electrons. The van der Waals surface area contributed by atoms with E-state index in [0.717, 1.165) is 38.3 Å². The Bertz CT molecular complexity index is 479. The van der Waals surface area contributed by atoms with Crippen LogP contribution in [0, 0.1) is 17.7 Å². The van der Waals surface area contributed by atoms with E-state index in [2.05, 4.69) is 6.92 Å². The highest BCUT2D eigenvalue weighted by atomic mass is 19.1. The molecule has 0 aromatic heterocycles. The molecule has 0 spiro atoms. The summed E-state index contributed by atoms with van der Waals surface area (Å²) in [5, 5.41) is 0. The van der Waals surface area contributed by atoms with Crippen LogP contribution in [-0.4, -0.2) is 23.9 Å². The van der Waals surface area contributed by atoms with Crippen LogP contribution in [0.5, 0.6) is 0 Å². The molecule has 1 saturated heterocycles. The summed E-state index contributed by atoms with van der Waals surface area (Å²) < 4.78 is 13.7. The van der Waals surface area contributed by atoms with Crippen molar-refractivity contribution in [2.45, 2.75) is 32.1 Å². The molecule has 1 aliphatic heterocycles. The third-order valence-electron chi connectivity index (χ3n) is 4.51. The number of piperidine rings is 1. The lowest BCUT2D eigenvalue weighted by atomic mass is 9.98. The summed E-state index contributed by atoms with van der Waals surface area (Å²) >= 11 is 0. The molecule has 1 aromatic rings. The number of amides is 1. The van der Waals surface area contributed by atoms with Crippen LogP contribution in [0.1, 0.15) is 37.7 Å². The van der Waals surface area contributed by atoms with E-state index in [0.29, 0.717) is 5.56 Å². The molecule has 0 radical (unpaired) electrons.